The van der Waals surface area contributed by atoms with E-state index in [0.717, 1.165) is 16.7 Å². The number of hydrazine groups is 1. The molecule has 0 saturated heterocycles. The second-order valence-corrected chi connectivity index (χ2v) is 3.39. The van der Waals surface area contributed by atoms with Crippen LogP contribution in [0.3, 0.4) is 0 Å². The molecule has 74 valence electrons. The van der Waals surface area contributed by atoms with Crippen molar-refractivity contribution in [2.75, 3.05) is 13.7 Å². The summed E-state index contributed by atoms with van der Waals surface area (Å²) in [6.07, 6.45) is 1.75. The van der Waals surface area contributed by atoms with Crippen LogP contribution in [-0.2, 0) is 17.8 Å². The molecule has 0 aliphatic carbocycles. The normalized spacial score (nSPS) is 10.7. The second kappa shape index (κ2) is 5.33. The molecule has 0 aliphatic heterocycles. The van der Waals surface area contributed by atoms with E-state index in [1.807, 2.05) is 4.68 Å². The quantitative estimate of drug-likeness (QED) is 0.580. The molecule has 1 heterocycles. The third-order valence-electron chi connectivity index (χ3n) is 1.67. The Labute approximate surface area is 85.3 Å². The van der Waals surface area contributed by atoms with Gasteiger partial charge in [-0.1, -0.05) is 0 Å². The van der Waals surface area contributed by atoms with Gasteiger partial charge in [-0.3, -0.25) is 16.0 Å². The fourth-order valence-electron chi connectivity index (χ4n) is 1.03. The fraction of sp³-hybridized carbons (Fsp3) is 0.571. The summed E-state index contributed by atoms with van der Waals surface area (Å²) in [6, 6.07) is 0. The highest BCUT2D eigenvalue weighted by Gasteiger charge is 2.06. The van der Waals surface area contributed by atoms with Crippen molar-refractivity contribution in [1.82, 2.24) is 15.2 Å². The van der Waals surface area contributed by atoms with Gasteiger partial charge in [0.25, 0.3) is 0 Å². The first-order valence-electron chi connectivity index (χ1n) is 3.92. The number of rotatable bonds is 5. The van der Waals surface area contributed by atoms with Gasteiger partial charge in [0.2, 0.25) is 0 Å². The number of methoxy groups -OCH3 is 1. The molecule has 0 fully saturated rings. The van der Waals surface area contributed by atoms with Gasteiger partial charge in [-0.15, -0.1) is 0 Å². The molecule has 0 unspecified atom stereocenters. The van der Waals surface area contributed by atoms with E-state index in [9.17, 15) is 0 Å². The van der Waals surface area contributed by atoms with Crippen LogP contribution in [0.2, 0.25) is 0 Å². The minimum absolute atomic E-state index is 0.588. The maximum Gasteiger partial charge on any atom is 0.0679 e. The summed E-state index contributed by atoms with van der Waals surface area (Å²) in [4.78, 5) is 0. The van der Waals surface area contributed by atoms with E-state index in [0.29, 0.717) is 13.2 Å². The molecular formula is C7H13BrN4O. The smallest absolute Gasteiger partial charge is 0.0679 e. The van der Waals surface area contributed by atoms with Gasteiger partial charge >= 0.3 is 0 Å². The summed E-state index contributed by atoms with van der Waals surface area (Å²) in [5.41, 5.74) is 3.62. The van der Waals surface area contributed by atoms with Gasteiger partial charge in [0, 0.05) is 7.11 Å². The summed E-state index contributed by atoms with van der Waals surface area (Å²) >= 11 is 3.39. The van der Waals surface area contributed by atoms with E-state index in [1.165, 1.54) is 0 Å². The number of nitrogens with two attached hydrogens (primary N) is 1. The largest absolute Gasteiger partial charge is 0.383 e. The minimum Gasteiger partial charge on any atom is -0.383 e. The topological polar surface area (TPSA) is 65.1 Å². The number of hydrogen-bond acceptors (Lipinski definition) is 4. The van der Waals surface area contributed by atoms with Crippen LogP contribution in [-0.4, -0.2) is 23.5 Å². The van der Waals surface area contributed by atoms with E-state index in [-0.39, 0.29) is 0 Å². The third kappa shape index (κ3) is 2.77. The SMILES string of the molecule is COCCn1ncc(Br)c1CNN. The van der Waals surface area contributed by atoms with Crippen molar-refractivity contribution in [2.24, 2.45) is 5.84 Å². The summed E-state index contributed by atoms with van der Waals surface area (Å²) in [7, 11) is 1.67. The first kappa shape index (κ1) is 10.6. The Kier molecular flexibility index (Phi) is 4.37. The lowest BCUT2D eigenvalue weighted by atomic mass is 10.4. The third-order valence-corrected chi connectivity index (χ3v) is 2.34. The zero-order valence-electron chi connectivity index (χ0n) is 7.46. The number of hydrogen-bond donors (Lipinski definition) is 2. The molecule has 5 nitrogen and oxygen atoms in total. The van der Waals surface area contributed by atoms with Gasteiger partial charge in [-0.2, -0.15) is 5.10 Å². The van der Waals surface area contributed by atoms with Gasteiger partial charge < -0.3 is 4.74 Å². The van der Waals surface area contributed by atoms with Crippen molar-refractivity contribution in [1.29, 1.82) is 0 Å². The Balaban J connectivity index is 2.68. The van der Waals surface area contributed by atoms with Crippen molar-refractivity contribution >= 4 is 15.9 Å². The molecule has 1 rings (SSSR count). The molecule has 1 aromatic rings. The summed E-state index contributed by atoms with van der Waals surface area (Å²) in [6.45, 7) is 1.97. The number of nitrogens with zero attached hydrogens (tertiary/aromatic N) is 2. The summed E-state index contributed by atoms with van der Waals surface area (Å²) in [5.74, 6) is 5.24. The van der Waals surface area contributed by atoms with Crippen molar-refractivity contribution in [2.45, 2.75) is 13.1 Å². The molecule has 0 aromatic carbocycles. The van der Waals surface area contributed by atoms with Crippen molar-refractivity contribution in [3.05, 3.63) is 16.4 Å². The highest BCUT2D eigenvalue weighted by atomic mass is 79.9. The standard InChI is InChI=1S/C7H13BrN4O/c1-13-3-2-12-7(5-10-9)6(8)4-11-12/h4,10H,2-3,5,9H2,1H3. The van der Waals surface area contributed by atoms with Crippen LogP contribution in [0.15, 0.2) is 10.7 Å². The van der Waals surface area contributed by atoms with E-state index in [1.54, 1.807) is 13.3 Å². The summed E-state index contributed by atoms with van der Waals surface area (Å²) < 4.78 is 7.77. The van der Waals surface area contributed by atoms with Crippen molar-refractivity contribution < 1.29 is 4.74 Å². The first-order chi connectivity index (χ1) is 6.29. The molecule has 0 atom stereocenters. The molecule has 1 aromatic heterocycles. The lowest BCUT2D eigenvalue weighted by Crippen LogP contribution is -2.24. The molecule has 0 spiro atoms. The Morgan fingerprint density at radius 3 is 3.15 bits per heavy atom. The maximum atomic E-state index is 5.24. The van der Waals surface area contributed by atoms with Gasteiger partial charge in [-0.05, 0) is 15.9 Å². The average Bonchev–Trinajstić information content (AvgIpc) is 2.46. The Hall–Kier alpha value is -0.430. The maximum absolute atomic E-state index is 5.24. The fourth-order valence-corrected chi connectivity index (χ4v) is 1.47. The number of halogens is 1. The predicted octanol–water partition coefficient (Wildman–Crippen LogP) is 0.255. The molecule has 13 heavy (non-hydrogen) atoms. The second-order valence-electron chi connectivity index (χ2n) is 2.54. The number of aromatic nitrogens is 2. The van der Waals surface area contributed by atoms with Crippen LogP contribution in [0, 0.1) is 0 Å². The lowest BCUT2D eigenvalue weighted by Gasteiger charge is -2.06. The lowest BCUT2D eigenvalue weighted by molar-refractivity contribution is 0.182. The van der Waals surface area contributed by atoms with Crippen LogP contribution < -0.4 is 11.3 Å². The summed E-state index contributed by atoms with van der Waals surface area (Å²) in [5, 5.41) is 4.17. The van der Waals surface area contributed by atoms with Crippen LogP contribution in [0.25, 0.3) is 0 Å². The average molecular weight is 249 g/mol. The molecule has 0 saturated carbocycles. The molecule has 0 radical (unpaired) electrons. The molecule has 0 aliphatic rings. The monoisotopic (exact) mass is 248 g/mol. The first-order valence-corrected chi connectivity index (χ1v) is 4.71. The molecule has 6 heteroatoms. The van der Waals surface area contributed by atoms with E-state index in [4.69, 9.17) is 10.6 Å². The highest BCUT2D eigenvalue weighted by molar-refractivity contribution is 9.10. The zero-order chi connectivity index (χ0) is 9.68. The van der Waals surface area contributed by atoms with Crippen LogP contribution in [0.1, 0.15) is 5.69 Å². The molecular weight excluding hydrogens is 236 g/mol. The highest BCUT2D eigenvalue weighted by Crippen LogP contribution is 2.15. The Morgan fingerprint density at radius 2 is 2.54 bits per heavy atom. The minimum atomic E-state index is 0.588. The van der Waals surface area contributed by atoms with E-state index >= 15 is 0 Å². The van der Waals surface area contributed by atoms with Gasteiger partial charge in [0.05, 0.1) is 36.1 Å². The molecule has 3 N–H and O–H groups in total. The van der Waals surface area contributed by atoms with Crippen LogP contribution >= 0.6 is 15.9 Å². The molecule has 0 amide bonds. The molecule has 0 bridgehead atoms. The number of nitrogens with one attached hydrogen (secondary N) is 1. The van der Waals surface area contributed by atoms with Gasteiger partial charge in [0.1, 0.15) is 0 Å². The van der Waals surface area contributed by atoms with E-state index < -0.39 is 0 Å². The predicted molar refractivity (Wildman–Crippen MR) is 52.8 cm³/mol. The van der Waals surface area contributed by atoms with Gasteiger partial charge in [0.15, 0.2) is 0 Å². The Bertz CT molecular complexity index is 263. The van der Waals surface area contributed by atoms with E-state index in [2.05, 4.69) is 26.5 Å². The Morgan fingerprint density at radius 1 is 1.77 bits per heavy atom. The number of ether oxygens (including phenoxy) is 1. The van der Waals surface area contributed by atoms with Gasteiger partial charge in [-0.25, -0.2) is 0 Å². The van der Waals surface area contributed by atoms with Crippen LogP contribution in [0.5, 0.6) is 0 Å². The zero-order valence-corrected chi connectivity index (χ0v) is 9.04. The van der Waals surface area contributed by atoms with Crippen molar-refractivity contribution in [3.8, 4) is 0 Å². The van der Waals surface area contributed by atoms with Crippen LogP contribution in [0.4, 0.5) is 0 Å². The van der Waals surface area contributed by atoms with Crippen molar-refractivity contribution in [3.63, 3.8) is 0 Å².